The van der Waals surface area contributed by atoms with Crippen molar-refractivity contribution in [1.29, 1.82) is 0 Å². The SMILES string of the molecule is COc1ccc(C(=O)C2C3C4CCC(C4)C23)cc1OC. The molecule has 3 heteroatoms. The molecule has 1 aromatic carbocycles. The van der Waals surface area contributed by atoms with Crippen molar-refractivity contribution >= 4 is 5.78 Å². The van der Waals surface area contributed by atoms with Gasteiger partial charge in [-0.1, -0.05) is 0 Å². The van der Waals surface area contributed by atoms with Crippen LogP contribution in [-0.4, -0.2) is 20.0 Å². The van der Waals surface area contributed by atoms with Gasteiger partial charge in [0.25, 0.3) is 0 Å². The minimum atomic E-state index is 0.291. The van der Waals surface area contributed by atoms with Crippen LogP contribution in [0.1, 0.15) is 29.6 Å². The summed E-state index contributed by atoms with van der Waals surface area (Å²) in [5.41, 5.74) is 0.779. The van der Waals surface area contributed by atoms with Crippen molar-refractivity contribution in [3.63, 3.8) is 0 Å². The second-order valence-corrected chi connectivity index (χ2v) is 6.45. The van der Waals surface area contributed by atoms with Crippen molar-refractivity contribution in [3.8, 4) is 11.5 Å². The number of methoxy groups -OCH3 is 2. The Balaban J connectivity index is 1.58. The fourth-order valence-corrected chi connectivity index (χ4v) is 4.86. The van der Waals surface area contributed by atoms with E-state index in [0.717, 1.165) is 17.4 Å². The van der Waals surface area contributed by atoms with Gasteiger partial charge in [0.2, 0.25) is 0 Å². The van der Waals surface area contributed by atoms with Gasteiger partial charge < -0.3 is 9.47 Å². The molecule has 4 unspecified atom stereocenters. The van der Waals surface area contributed by atoms with Crippen molar-refractivity contribution in [2.75, 3.05) is 14.2 Å². The Hall–Kier alpha value is -1.51. The number of rotatable bonds is 4. The number of ether oxygens (including phenoxy) is 2. The van der Waals surface area contributed by atoms with E-state index in [-0.39, 0.29) is 0 Å². The zero-order valence-electron chi connectivity index (χ0n) is 12.0. The molecule has 3 aliphatic carbocycles. The minimum absolute atomic E-state index is 0.291. The van der Waals surface area contributed by atoms with Gasteiger partial charge in [-0.25, -0.2) is 0 Å². The molecule has 106 valence electrons. The third-order valence-electron chi connectivity index (χ3n) is 5.71. The lowest BCUT2D eigenvalue weighted by Gasteiger charge is -2.11. The lowest BCUT2D eigenvalue weighted by molar-refractivity contribution is 0.0944. The molecule has 4 rings (SSSR count). The van der Waals surface area contributed by atoms with Crippen LogP contribution < -0.4 is 9.47 Å². The van der Waals surface area contributed by atoms with Crippen LogP contribution in [0.15, 0.2) is 18.2 Å². The number of ketones is 1. The molecule has 0 amide bonds. The molecule has 1 aromatic rings. The highest BCUT2D eigenvalue weighted by molar-refractivity contribution is 6.00. The van der Waals surface area contributed by atoms with Crippen LogP contribution in [0.25, 0.3) is 0 Å². The van der Waals surface area contributed by atoms with Gasteiger partial charge in [0.1, 0.15) is 0 Å². The Bertz CT molecular complexity index is 549. The summed E-state index contributed by atoms with van der Waals surface area (Å²) >= 11 is 0. The number of hydrogen-bond acceptors (Lipinski definition) is 3. The zero-order valence-corrected chi connectivity index (χ0v) is 12.0. The summed E-state index contributed by atoms with van der Waals surface area (Å²) in [6.07, 6.45) is 4.08. The summed E-state index contributed by atoms with van der Waals surface area (Å²) < 4.78 is 10.5. The van der Waals surface area contributed by atoms with Crippen molar-refractivity contribution in [2.45, 2.75) is 19.3 Å². The Labute approximate surface area is 119 Å². The van der Waals surface area contributed by atoms with Crippen LogP contribution in [0.5, 0.6) is 11.5 Å². The molecule has 3 aliphatic rings. The molecule has 0 radical (unpaired) electrons. The molecular weight excluding hydrogens is 252 g/mol. The van der Waals surface area contributed by atoms with Crippen LogP contribution in [0.3, 0.4) is 0 Å². The Morgan fingerprint density at radius 2 is 1.70 bits per heavy atom. The first kappa shape index (κ1) is 12.2. The molecule has 0 spiro atoms. The van der Waals surface area contributed by atoms with Gasteiger partial charge in [-0.15, -0.1) is 0 Å². The highest BCUT2D eigenvalue weighted by Gasteiger charge is 2.67. The van der Waals surface area contributed by atoms with Crippen LogP contribution in [0.2, 0.25) is 0 Å². The summed E-state index contributed by atoms with van der Waals surface area (Å²) in [5, 5.41) is 0. The average molecular weight is 272 g/mol. The number of carbonyl (C=O) groups excluding carboxylic acids is 1. The number of hydrogen-bond donors (Lipinski definition) is 0. The molecule has 3 fully saturated rings. The Kier molecular flexibility index (Phi) is 2.60. The normalized spacial score (nSPS) is 36.6. The third-order valence-corrected chi connectivity index (χ3v) is 5.71. The molecule has 0 aliphatic heterocycles. The largest absolute Gasteiger partial charge is 0.493 e. The fraction of sp³-hybridized carbons (Fsp3) is 0.588. The fourth-order valence-electron chi connectivity index (χ4n) is 4.86. The molecule has 3 saturated carbocycles. The highest BCUT2D eigenvalue weighted by Crippen LogP contribution is 2.69. The van der Waals surface area contributed by atoms with Crippen molar-refractivity contribution in [1.82, 2.24) is 0 Å². The minimum Gasteiger partial charge on any atom is -0.493 e. The first-order valence-corrected chi connectivity index (χ1v) is 7.51. The van der Waals surface area contributed by atoms with E-state index in [1.54, 1.807) is 14.2 Å². The quantitative estimate of drug-likeness (QED) is 0.790. The van der Waals surface area contributed by atoms with Gasteiger partial charge in [-0.05, 0) is 61.1 Å². The molecule has 0 saturated heterocycles. The molecule has 4 atom stereocenters. The predicted molar refractivity (Wildman–Crippen MR) is 75.2 cm³/mol. The van der Waals surface area contributed by atoms with E-state index in [1.165, 1.54) is 19.3 Å². The van der Waals surface area contributed by atoms with Crippen molar-refractivity contribution < 1.29 is 14.3 Å². The maximum atomic E-state index is 12.7. The molecular formula is C17H20O3. The monoisotopic (exact) mass is 272 g/mol. The van der Waals surface area contributed by atoms with Gasteiger partial charge in [0.15, 0.2) is 17.3 Å². The van der Waals surface area contributed by atoms with Gasteiger partial charge in [-0.2, -0.15) is 0 Å². The van der Waals surface area contributed by atoms with E-state index in [0.29, 0.717) is 35.0 Å². The van der Waals surface area contributed by atoms with Gasteiger partial charge in [0, 0.05) is 11.5 Å². The Morgan fingerprint density at radius 3 is 2.30 bits per heavy atom. The summed E-state index contributed by atoms with van der Waals surface area (Å²) in [5.74, 6) is 4.98. The van der Waals surface area contributed by atoms with E-state index >= 15 is 0 Å². The van der Waals surface area contributed by atoms with Crippen molar-refractivity contribution in [2.24, 2.45) is 29.6 Å². The predicted octanol–water partition coefficient (Wildman–Crippen LogP) is 3.18. The second kappa shape index (κ2) is 4.24. The maximum absolute atomic E-state index is 12.7. The summed E-state index contributed by atoms with van der Waals surface area (Å²) in [6, 6.07) is 5.54. The van der Waals surface area contributed by atoms with Crippen LogP contribution >= 0.6 is 0 Å². The molecule has 2 bridgehead atoms. The molecule has 0 heterocycles. The smallest absolute Gasteiger partial charge is 0.166 e. The van der Waals surface area contributed by atoms with E-state index in [2.05, 4.69) is 0 Å². The van der Waals surface area contributed by atoms with E-state index in [1.807, 2.05) is 18.2 Å². The van der Waals surface area contributed by atoms with E-state index in [9.17, 15) is 4.79 Å². The summed E-state index contributed by atoms with van der Waals surface area (Å²) in [4.78, 5) is 12.7. The lowest BCUT2D eigenvalue weighted by Crippen LogP contribution is -2.10. The highest BCUT2D eigenvalue weighted by atomic mass is 16.5. The van der Waals surface area contributed by atoms with Gasteiger partial charge in [-0.3, -0.25) is 4.79 Å². The standard InChI is InChI=1S/C17H20O3/c1-19-12-6-5-11(8-13(12)20-2)17(18)16-14-9-3-4-10(7-9)15(14)16/h5-6,8-10,14-16H,3-4,7H2,1-2H3. The first-order valence-electron chi connectivity index (χ1n) is 7.51. The maximum Gasteiger partial charge on any atom is 0.166 e. The average Bonchev–Trinajstić information content (AvgIpc) is 2.92. The van der Waals surface area contributed by atoms with E-state index < -0.39 is 0 Å². The number of benzene rings is 1. The van der Waals surface area contributed by atoms with Crippen molar-refractivity contribution in [3.05, 3.63) is 23.8 Å². The van der Waals surface area contributed by atoms with Crippen LogP contribution in [-0.2, 0) is 0 Å². The summed E-state index contributed by atoms with van der Waals surface area (Å²) in [6.45, 7) is 0. The number of Topliss-reactive ketones (excluding diaryl/α,β-unsaturated/α-hetero) is 1. The lowest BCUT2D eigenvalue weighted by atomic mass is 9.96. The van der Waals surface area contributed by atoms with Gasteiger partial charge >= 0.3 is 0 Å². The number of fused-ring (bicyclic) bond motifs is 5. The first-order chi connectivity index (χ1) is 9.74. The molecule has 20 heavy (non-hydrogen) atoms. The topological polar surface area (TPSA) is 35.5 Å². The molecule has 0 aromatic heterocycles. The number of carbonyl (C=O) groups is 1. The summed E-state index contributed by atoms with van der Waals surface area (Å²) in [7, 11) is 3.22. The molecule has 0 N–H and O–H groups in total. The third kappa shape index (κ3) is 1.55. The zero-order chi connectivity index (χ0) is 13.9. The second-order valence-electron chi connectivity index (χ2n) is 6.45. The molecule has 3 nitrogen and oxygen atoms in total. The van der Waals surface area contributed by atoms with Gasteiger partial charge in [0.05, 0.1) is 14.2 Å². The van der Waals surface area contributed by atoms with E-state index in [4.69, 9.17) is 9.47 Å². The van der Waals surface area contributed by atoms with Crippen LogP contribution in [0.4, 0.5) is 0 Å². The van der Waals surface area contributed by atoms with Crippen LogP contribution in [0, 0.1) is 29.6 Å². The Morgan fingerprint density at radius 1 is 1.05 bits per heavy atom.